The van der Waals surface area contributed by atoms with Gasteiger partial charge in [-0.3, -0.25) is 0 Å². The molecule has 5 aromatic rings. The second-order valence-corrected chi connectivity index (χ2v) is 9.37. The summed E-state index contributed by atoms with van der Waals surface area (Å²) < 4.78 is 6.99. The molecule has 146 valence electrons. The first-order valence-corrected chi connectivity index (χ1v) is 10.3. The number of hydrogen-bond acceptors (Lipinski definition) is 0. The first kappa shape index (κ1) is 18.0. The highest BCUT2D eigenvalue weighted by molar-refractivity contribution is 6.21. The van der Waals surface area contributed by atoms with Crippen molar-refractivity contribution in [2.75, 3.05) is 0 Å². The first-order chi connectivity index (χ1) is 13.8. The van der Waals surface area contributed by atoms with E-state index >= 15 is 0 Å². The van der Waals surface area contributed by atoms with Crippen LogP contribution in [0.2, 0.25) is 0 Å². The maximum atomic E-state index is 2.43. The molecular formula is C26H28N3+. The van der Waals surface area contributed by atoms with Crippen LogP contribution in [0.25, 0.3) is 38.7 Å². The zero-order chi connectivity index (χ0) is 20.3. The topological polar surface area (TPSA) is 13.7 Å². The quantitative estimate of drug-likeness (QED) is 0.348. The van der Waals surface area contributed by atoms with E-state index in [4.69, 9.17) is 0 Å². The Morgan fingerprint density at radius 1 is 0.862 bits per heavy atom. The van der Waals surface area contributed by atoms with Gasteiger partial charge in [-0.2, -0.15) is 4.57 Å². The second kappa shape index (κ2) is 6.21. The van der Waals surface area contributed by atoms with E-state index in [1.807, 2.05) is 0 Å². The lowest BCUT2D eigenvalue weighted by Gasteiger charge is -2.18. The summed E-state index contributed by atoms with van der Waals surface area (Å²) in [5.74, 6) is 1.20. The van der Waals surface area contributed by atoms with E-state index < -0.39 is 0 Å². The highest BCUT2D eigenvalue weighted by atomic mass is 15.2. The van der Waals surface area contributed by atoms with Crippen molar-refractivity contribution < 1.29 is 4.57 Å². The van der Waals surface area contributed by atoms with Crippen molar-refractivity contribution in [2.45, 2.75) is 27.2 Å². The predicted octanol–water partition coefficient (Wildman–Crippen LogP) is 5.69. The molecule has 3 nitrogen and oxygen atoms in total. The van der Waals surface area contributed by atoms with Crippen LogP contribution in [-0.2, 0) is 20.5 Å². The van der Waals surface area contributed by atoms with Crippen LogP contribution in [0, 0.1) is 5.41 Å². The zero-order valence-corrected chi connectivity index (χ0v) is 17.9. The van der Waals surface area contributed by atoms with Crippen molar-refractivity contribution in [3.05, 3.63) is 72.4 Å². The highest BCUT2D eigenvalue weighted by Crippen LogP contribution is 2.38. The van der Waals surface area contributed by atoms with E-state index in [-0.39, 0.29) is 5.41 Å². The van der Waals surface area contributed by atoms with Gasteiger partial charge in [-0.05, 0) is 41.7 Å². The molecule has 0 atom stereocenters. The van der Waals surface area contributed by atoms with Gasteiger partial charge in [-0.25, -0.2) is 4.57 Å². The minimum Gasteiger partial charge on any atom is -0.311 e. The van der Waals surface area contributed by atoms with E-state index in [1.54, 1.807) is 0 Å². The summed E-state index contributed by atoms with van der Waals surface area (Å²) in [5, 5.41) is 3.95. The number of aromatic nitrogens is 3. The summed E-state index contributed by atoms with van der Waals surface area (Å²) in [6.07, 6.45) is 3.25. The Morgan fingerprint density at radius 3 is 2.17 bits per heavy atom. The van der Waals surface area contributed by atoms with Gasteiger partial charge in [0.25, 0.3) is 5.82 Å². The van der Waals surface area contributed by atoms with Crippen LogP contribution in [-0.4, -0.2) is 9.13 Å². The minimum atomic E-state index is 0.255. The van der Waals surface area contributed by atoms with Gasteiger partial charge in [0.2, 0.25) is 5.65 Å². The lowest BCUT2D eigenvalue weighted by Crippen LogP contribution is -2.34. The smallest absolute Gasteiger partial charge is 0.288 e. The number of para-hydroxylation sites is 2. The molecule has 0 aliphatic rings. The Labute approximate surface area is 171 Å². The molecule has 5 rings (SSSR count). The van der Waals surface area contributed by atoms with Gasteiger partial charge in [0.05, 0.1) is 24.1 Å². The number of benzene rings is 2. The average Bonchev–Trinajstić information content (AvgIpc) is 3.16. The van der Waals surface area contributed by atoms with Crippen LogP contribution in [0.1, 0.15) is 26.3 Å². The highest BCUT2D eigenvalue weighted by Gasteiger charge is 2.26. The summed E-state index contributed by atoms with van der Waals surface area (Å²) in [4.78, 5) is 0. The molecule has 3 heteroatoms. The molecule has 0 saturated carbocycles. The van der Waals surface area contributed by atoms with Crippen LogP contribution in [0.4, 0.5) is 0 Å². The summed E-state index contributed by atoms with van der Waals surface area (Å²) in [5.41, 5.74) is 5.39. The molecule has 3 heterocycles. The SMILES string of the molecule is Cn1c2ccccc2c2c3ccccc3n(-c3cc(CC(C)(C)C)cc[n+]3C)c21. The van der Waals surface area contributed by atoms with Crippen molar-refractivity contribution >= 4 is 32.8 Å². The molecule has 0 spiro atoms. The monoisotopic (exact) mass is 382 g/mol. The molecule has 3 aromatic heterocycles. The molecule has 0 radical (unpaired) electrons. The van der Waals surface area contributed by atoms with Crippen molar-refractivity contribution in [3.8, 4) is 5.82 Å². The second-order valence-electron chi connectivity index (χ2n) is 9.37. The van der Waals surface area contributed by atoms with Crippen molar-refractivity contribution in [2.24, 2.45) is 19.5 Å². The van der Waals surface area contributed by atoms with Gasteiger partial charge >= 0.3 is 0 Å². The number of hydrogen-bond donors (Lipinski definition) is 0. The number of fused-ring (bicyclic) bond motifs is 5. The van der Waals surface area contributed by atoms with Gasteiger partial charge in [0, 0.05) is 23.9 Å². The predicted molar refractivity (Wildman–Crippen MR) is 122 cm³/mol. The minimum absolute atomic E-state index is 0.255. The Morgan fingerprint density at radius 2 is 1.48 bits per heavy atom. The van der Waals surface area contributed by atoms with Crippen LogP contribution in [0.3, 0.4) is 0 Å². The molecule has 0 unspecified atom stereocenters. The standard InChI is InChI=1S/C26H28N3/c1-26(2,3)17-18-14-15-27(4)23(16-18)29-22-13-9-7-11-20(22)24-19-10-6-8-12-21(19)28(5)25(24)29/h6-16H,17H2,1-5H3/q+1. The number of nitrogens with zero attached hydrogens (tertiary/aromatic N) is 3. The molecule has 0 N–H and O–H groups in total. The third-order valence-corrected chi connectivity index (χ3v) is 5.85. The van der Waals surface area contributed by atoms with Crippen LogP contribution < -0.4 is 4.57 Å². The average molecular weight is 383 g/mol. The third kappa shape index (κ3) is 2.76. The first-order valence-electron chi connectivity index (χ1n) is 10.3. The number of aryl methyl sites for hydroxylation is 2. The largest absolute Gasteiger partial charge is 0.311 e. The van der Waals surface area contributed by atoms with Gasteiger partial charge in [0.1, 0.15) is 5.52 Å². The van der Waals surface area contributed by atoms with Crippen molar-refractivity contribution in [3.63, 3.8) is 0 Å². The maximum absolute atomic E-state index is 2.43. The van der Waals surface area contributed by atoms with Crippen molar-refractivity contribution in [1.82, 2.24) is 9.13 Å². The summed E-state index contributed by atoms with van der Waals surface area (Å²) in [7, 11) is 4.32. The van der Waals surface area contributed by atoms with Gasteiger partial charge in [-0.1, -0.05) is 51.1 Å². The summed E-state index contributed by atoms with van der Waals surface area (Å²) in [6.45, 7) is 6.90. The molecular weight excluding hydrogens is 354 g/mol. The summed E-state index contributed by atoms with van der Waals surface area (Å²) >= 11 is 0. The maximum Gasteiger partial charge on any atom is 0.288 e. The van der Waals surface area contributed by atoms with Crippen LogP contribution in [0.5, 0.6) is 0 Å². The van der Waals surface area contributed by atoms with Gasteiger partial charge in [-0.15, -0.1) is 0 Å². The molecule has 29 heavy (non-hydrogen) atoms. The van der Waals surface area contributed by atoms with Crippen LogP contribution >= 0.6 is 0 Å². The van der Waals surface area contributed by atoms with E-state index in [9.17, 15) is 0 Å². The van der Waals surface area contributed by atoms with E-state index in [0.29, 0.717) is 0 Å². The Hall–Kier alpha value is -3.07. The van der Waals surface area contributed by atoms with E-state index in [2.05, 4.69) is 115 Å². The van der Waals surface area contributed by atoms with E-state index in [1.165, 1.54) is 44.2 Å². The third-order valence-electron chi connectivity index (χ3n) is 5.85. The molecule has 2 aromatic carbocycles. The summed E-state index contributed by atoms with van der Waals surface area (Å²) in [6, 6.07) is 22.1. The van der Waals surface area contributed by atoms with Crippen molar-refractivity contribution in [1.29, 1.82) is 0 Å². The fraction of sp³-hybridized carbons (Fsp3) is 0.269. The Bertz CT molecular complexity index is 1380. The molecule has 0 aliphatic carbocycles. The van der Waals surface area contributed by atoms with E-state index in [0.717, 1.165) is 6.42 Å². The Kier molecular flexibility index (Phi) is 3.86. The lowest BCUT2D eigenvalue weighted by molar-refractivity contribution is -0.665. The normalized spacial score (nSPS) is 12.4. The van der Waals surface area contributed by atoms with Gasteiger partial charge in [0.15, 0.2) is 0 Å². The zero-order valence-electron chi connectivity index (χ0n) is 17.9. The lowest BCUT2D eigenvalue weighted by atomic mass is 9.88. The molecule has 0 amide bonds. The number of pyridine rings is 1. The van der Waals surface area contributed by atoms with Gasteiger partial charge < -0.3 is 4.57 Å². The fourth-order valence-electron chi connectivity index (χ4n) is 4.68. The number of rotatable bonds is 2. The molecule has 0 saturated heterocycles. The molecule has 0 aliphatic heterocycles. The van der Waals surface area contributed by atoms with Crippen LogP contribution in [0.15, 0.2) is 66.9 Å². The molecule has 0 fully saturated rings. The Balaban J connectivity index is 1.91. The molecule has 0 bridgehead atoms. The fourth-order valence-corrected chi connectivity index (χ4v) is 4.68.